The Bertz CT molecular complexity index is 506. The van der Waals surface area contributed by atoms with Gasteiger partial charge in [-0.15, -0.1) is 0 Å². The lowest BCUT2D eigenvalue weighted by molar-refractivity contribution is 0.0489. The van der Waals surface area contributed by atoms with Crippen LogP contribution in [0.2, 0.25) is 19.6 Å². The average molecular weight is 322 g/mol. The molecule has 22 heavy (non-hydrogen) atoms. The Morgan fingerprint density at radius 2 is 1.55 bits per heavy atom. The zero-order chi connectivity index (χ0) is 16.6. The lowest BCUT2D eigenvalue weighted by atomic mass is 10.1. The minimum Gasteiger partial charge on any atom is -0.516 e. The van der Waals surface area contributed by atoms with Gasteiger partial charge in [0.1, 0.15) is 0 Å². The van der Waals surface area contributed by atoms with Crippen molar-refractivity contribution >= 4 is 20.3 Å². The van der Waals surface area contributed by atoms with Crippen molar-refractivity contribution < 1.29 is 18.8 Å². The first-order valence-electron chi connectivity index (χ1n) is 7.84. The van der Waals surface area contributed by atoms with Gasteiger partial charge in [0.05, 0.1) is 17.7 Å². The van der Waals surface area contributed by atoms with E-state index in [1.54, 1.807) is 24.3 Å². The van der Waals surface area contributed by atoms with Crippen LogP contribution < -0.4 is 0 Å². The molecule has 4 nitrogen and oxygen atoms in total. The first kappa shape index (κ1) is 18.4. The lowest BCUT2D eigenvalue weighted by Gasteiger charge is -2.18. The molecule has 0 aliphatic carbocycles. The number of hydrogen-bond donors (Lipinski definition) is 0. The summed E-state index contributed by atoms with van der Waals surface area (Å²) in [5, 5.41) is 0. The van der Waals surface area contributed by atoms with Gasteiger partial charge in [-0.25, -0.2) is 9.59 Å². The number of rotatable bonds is 8. The first-order valence-corrected chi connectivity index (χ1v) is 11.3. The van der Waals surface area contributed by atoms with E-state index in [0.717, 1.165) is 25.7 Å². The van der Waals surface area contributed by atoms with E-state index in [-0.39, 0.29) is 11.1 Å². The van der Waals surface area contributed by atoms with Crippen LogP contribution in [-0.4, -0.2) is 26.9 Å². The number of hydrogen-bond acceptors (Lipinski definition) is 4. The molecule has 1 aromatic carbocycles. The van der Waals surface area contributed by atoms with Gasteiger partial charge in [-0.2, -0.15) is 0 Å². The van der Waals surface area contributed by atoms with E-state index in [0.29, 0.717) is 6.61 Å². The lowest BCUT2D eigenvalue weighted by Crippen LogP contribution is -2.30. The number of benzene rings is 1. The van der Waals surface area contributed by atoms with Gasteiger partial charge in [0.25, 0.3) is 0 Å². The first-order chi connectivity index (χ1) is 10.3. The summed E-state index contributed by atoms with van der Waals surface area (Å²) in [7, 11) is -2.00. The third-order valence-corrected chi connectivity index (χ3v) is 3.79. The van der Waals surface area contributed by atoms with E-state index < -0.39 is 20.3 Å². The maximum atomic E-state index is 12.2. The summed E-state index contributed by atoms with van der Waals surface area (Å²) >= 11 is 0. The monoisotopic (exact) mass is 322 g/mol. The molecule has 0 saturated carbocycles. The number of carbonyl (C=O) groups is 2. The maximum absolute atomic E-state index is 12.2. The van der Waals surface area contributed by atoms with Crippen molar-refractivity contribution in [1.29, 1.82) is 0 Å². The van der Waals surface area contributed by atoms with E-state index in [9.17, 15) is 9.59 Å². The molecule has 0 aliphatic heterocycles. The molecule has 0 aromatic heterocycles. The molecule has 0 fully saturated rings. The predicted octanol–water partition coefficient (Wildman–Crippen LogP) is 4.42. The average Bonchev–Trinajstić information content (AvgIpc) is 2.45. The van der Waals surface area contributed by atoms with Crippen LogP contribution in [0.3, 0.4) is 0 Å². The van der Waals surface area contributed by atoms with Crippen molar-refractivity contribution in [1.82, 2.24) is 0 Å². The molecule has 0 spiro atoms. The minimum absolute atomic E-state index is 0.279. The zero-order valence-corrected chi connectivity index (χ0v) is 15.0. The van der Waals surface area contributed by atoms with Crippen LogP contribution in [0.1, 0.15) is 53.3 Å². The predicted molar refractivity (Wildman–Crippen MR) is 89.6 cm³/mol. The van der Waals surface area contributed by atoms with Crippen LogP contribution in [0.5, 0.6) is 0 Å². The van der Waals surface area contributed by atoms with Crippen molar-refractivity contribution in [2.24, 2.45) is 0 Å². The van der Waals surface area contributed by atoms with Crippen molar-refractivity contribution in [3.8, 4) is 0 Å². The highest BCUT2D eigenvalue weighted by Gasteiger charge is 2.24. The molecule has 0 heterocycles. The topological polar surface area (TPSA) is 52.6 Å². The van der Waals surface area contributed by atoms with Crippen molar-refractivity contribution in [2.45, 2.75) is 52.2 Å². The molecule has 1 rings (SSSR count). The Morgan fingerprint density at radius 1 is 0.955 bits per heavy atom. The number of ether oxygens (including phenoxy) is 1. The van der Waals surface area contributed by atoms with Gasteiger partial charge in [0.15, 0.2) is 0 Å². The summed E-state index contributed by atoms with van der Waals surface area (Å²) in [6, 6.07) is 6.66. The number of unbranched alkanes of at least 4 members (excludes halogenated alkanes) is 3. The van der Waals surface area contributed by atoms with Crippen molar-refractivity contribution in [3.63, 3.8) is 0 Å². The van der Waals surface area contributed by atoms with Crippen LogP contribution in [-0.2, 0) is 9.16 Å². The third kappa shape index (κ3) is 6.43. The van der Waals surface area contributed by atoms with Gasteiger partial charge >= 0.3 is 11.9 Å². The highest BCUT2D eigenvalue weighted by Crippen LogP contribution is 2.15. The standard InChI is InChI=1S/C17H26O4Si/c1-5-6-7-10-13-20-16(18)14-11-8-9-12-15(14)17(19)21-22(2,3)4/h8-9,11-12H,5-7,10,13H2,1-4H3. The molecule has 0 atom stereocenters. The van der Waals surface area contributed by atoms with Gasteiger partial charge in [0, 0.05) is 0 Å². The Labute approximate surface area is 134 Å². The fourth-order valence-electron chi connectivity index (χ4n) is 1.94. The maximum Gasteiger partial charge on any atom is 0.339 e. The van der Waals surface area contributed by atoms with Crippen LogP contribution in [0.15, 0.2) is 24.3 Å². The third-order valence-electron chi connectivity index (χ3n) is 3.00. The number of carbonyl (C=O) groups excluding carboxylic acids is 2. The van der Waals surface area contributed by atoms with E-state index in [2.05, 4.69) is 6.92 Å². The van der Waals surface area contributed by atoms with Crippen LogP contribution in [0.4, 0.5) is 0 Å². The molecular formula is C17H26O4Si. The molecule has 0 unspecified atom stereocenters. The second kappa shape index (κ2) is 8.73. The molecule has 5 heteroatoms. The van der Waals surface area contributed by atoms with Crippen LogP contribution in [0.25, 0.3) is 0 Å². The Kier molecular flexibility index (Phi) is 7.31. The summed E-state index contributed by atoms with van der Waals surface area (Å²) in [6.45, 7) is 8.31. The summed E-state index contributed by atoms with van der Waals surface area (Å²) in [5.74, 6) is -0.905. The van der Waals surface area contributed by atoms with Crippen LogP contribution in [0, 0.1) is 0 Å². The molecule has 0 amide bonds. The van der Waals surface area contributed by atoms with Gasteiger partial charge < -0.3 is 9.16 Å². The van der Waals surface area contributed by atoms with E-state index >= 15 is 0 Å². The van der Waals surface area contributed by atoms with Crippen molar-refractivity contribution in [2.75, 3.05) is 6.61 Å². The summed E-state index contributed by atoms with van der Waals surface area (Å²) < 4.78 is 10.7. The molecule has 0 aliphatic rings. The van der Waals surface area contributed by atoms with Gasteiger partial charge in [0.2, 0.25) is 8.32 Å². The SMILES string of the molecule is CCCCCCOC(=O)c1ccccc1C(=O)O[Si](C)(C)C. The zero-order valence-electron chi connectivity index (χ0n) is 14.0. The molecular weight excluding hydrogens is 296 g/mol. The summed E-state index contributed by atoms with van der Waals surface area (Å²) in [6.07, 6.45) is 4.17. The molecule has 0 saturated heterocycles. The Morgan fingerprint density at radius 3 is 2.09 bits per heavy atom. The highest BCUT2D eigenvalue weighted by atomic mass is 28.4. The summed E-state index contributed by atoms with van der Waals surface area (Å²) in [4.78, 5) is 24.4. The smallest absolute Gasteiger partial charge is 0.339 e. The number of esters is 1. The fourth-order valence-corrected chi connectivity index (χ4v) is 2.61. The molecule has 0 radical (unpaired) electrons. The molecule has 0 N–H and O–H groups in total. The quantitative estimate of drug-likeness (QED) is 0.404. The van der Waals surface area contributed by atoms with Gasteiger partial charge in [-0.3, -0.25) is 0 Å². The van der Waals surface area contributed by atoms with E-state index in [1.165, 1.54) is 0 Å². The van der Waals surface area contributed by atoms with Crippen LogP contribution >= 0.6 is 0 Å². The van der Waals surface area contributed by atoms with E-state index in [4.69, 9.17) is 9.16 Å². The summed E-state index contributed by atoms with van der Waals surface area (Å²) in [5.41, 5.74) is 0.560. The fraction of sp³-hybridized carbons (Fsp3) is 0.529. The largest absolute Gasteiger partial charge is 0.516 e. The molecule has 0 bridgehead atoms. The Hall–Kier alpha value is -1.62. The molecule has 1 aromatic rings. The minimum atomic E-state index is -2.00. The van der Waals surface area contributed by atoms with Gasteiger partial charge in [-0.1, -0.05) is 38.3 Å². The van der Waals surface area contributed by atoms with E-state index in [1.807, 2.05) is 19.6 Å². The molecule has 122 valence electrons. The van der Waals surface area contributed by atoms with Gasteiger partial charge in [-0.05, 0) is 38.2 Å². The Balaban J connectivity index is 2.70. The second-order valence-corrected chi connectivity index (χ2v) is 10.7. The second-order valence-electron chi connectivity index (χ2n) is 6.24. The highest BCUT2D eigenvalue weighted by molar-refractivity contribution is 6.71. The van der Waals surface area contributed by atoms with Crippen molar-refractivity contribution in [3.05, 3.63) is 35.4 Å². The normalized spacial score (nSPS) is 11.1.